The van der Waals surface area contributed by atoms with Crippen LogP contribution in [0.15, 0.2) is 5.57 Å². The van der Waals surface area contributed by atoms with Crippen LogP contribution in [0.5, 0.6) is 0 Å². The van der Waals surface area contributed by atoms with Crippen molar-refractivity contribution in [1.82, 2.24) is 0 Å². The molecule has 1 fully saturated rings. The van der Waals surface area contributed by atoms with Crippen LogP contribution in [-0.2, 0) is 14.3 Å². The van der Waals surface area contributed by atoms with Crippen molar-refractivity contribution in [1.29, 1.82) is 0 Å². The third-order valence-corrected chi connectivity index (χ3v) is 2.56. The quantitative estimate of drug-likeness (QED) is 0.642. The number of carboxylic acids is 1. The Kier molecular flexibility index (Phi) is 2.52. The number of carboxylic acid groups (broad SMARTS) is 1. The highest BCUT2D eigenvalue weighted by Gasteiger charge is 2.47. The average Bonchev–Trinajstić information content (AvgIpc) is 2.02. The van der Waals surface area contributed by atoms with Gasteiger partial charge in [-0.2, -0.15) is 0 Å². The minimum absolute atomic E-state index is 0.185. The van der Waals surface area contributed by atoms with Crippen LogP contribution in [0, 0.1) is 0 Å². The second-order valence-corrected chi connectivity index (χ2v) is 4.28. The van der Waals surface area contributed by atoms with Crippen molar-refractivity contribution in [3.05, 3.63) is 5.57 Å². The largest absolute Gasteiger partial charge is 0.479 e. The number of aliphatic carboxylic acids is 1. The van der Waals surface area contributed by atoms with Gasteiger partial charge in [0.15, 0.2) is 5.60 Å². The van der Waals surface area contributed by atoms with Crippen molar-refractivity contribution in [2.24, 2.45) is 0 Å². The van der Waals surface area contributed by atoms with Crippen LogP contribution in [0.2, 0.25) is 0 Å². The highest BCUT2D eigenvalue weighted by atomic mass is 16.5. The van der Waals surface area contributed by atoms with Gasteiger partial charge in [0, 0.05) is 0 Å². The second-order valence-electron chi connectivity index (χ2n) is 4.28. The van der Waals surface area contributed by atoms with Gasteiger partial charge in [-0.25, -0.2) is 9.59 Å². The molecule has 1 rings (SSSR count). The van der Waals surface area contributed by atoms with E-state index >= 15 is 0 Å². The van der Waals surface area contributed by atoms with Crippen molar-refractivity contribution in [2.45, 2.75) is 44.8 Å². The molecule has 1 aliphatic heterocycles. The first-order valence-corrected chi connectivity index (χ1v) is 4.50. The summed E-state index contributed by atoms with van der Waals surface area (Å²) in [7, 11) is 0. The van der Waals surface area contributed by atoms with E-state index in [2.05, 4.69) is 0 Å². The maximum atomic E-state index is 11.0. The highest BCUT2D eigenvalue weighted by Crippen LogP contribution is 2.37. The van der Waals surface area contributed by atoms with Gasteiger partial charge < -0.3 is 9.84 Å². The van der Waals surface area contributed by atoms with E-state index in [4.69, 9.17) is 9.84 Å². The van der Waals surface area contributed by atoms with E-state index in [9.17, 15) is 9.59 Å². The Bertz CT molecular complexity index is 312. The molecule has 1 atom stereocenters. The van der Waals surface area contributed by atoms with Gasteiger partial charge in [-0.1, -0.05) is 0 Å². The lowest BCUT2D eigenvalue weighted by Gasteiger charge is -2.40. The molecule has 0 spiro atoms. The molecule has 0 amide bonds. The summed E-state index contributed by atoms with van der Waals surface area (Å²) in [5.74, 6) is 0.539. The maximum Gasteiger partial charge on any atom is 0.340 e. The normalized spacial score (nSPS) is 30.9. The number of rotatable bonds is 1. The first kappa shape index (κ1) is 11.0. The topological polar surface area (TPSA) is 63.6 Å². The van der Waals surface area contributed by atoms with Gasteiger partial charge in [-0.15, -0.1) is 0 Å². The van der Waals surface area contributed by atoms with Crippen LogP contribution < -0.4 is 0 Å². The maximum absolute atomic E-state index is 11.0. The number of carbonyl (C=O) groups is 1. The summed E-state index contributed by atoms with van der Waals surface area (Å²) in [6.07, 6.45) is 1.07. The molecule has 1 saturated heterocycles. The van der Waals surface area contributed by atoms with Crippen molar-refractivity contribution >= 4 is 11.9 Å². The van der Waals surface area contributed by atoms with E-state index in [1.165, 1.54) is 6.92 Å². The number of carbonyl (C=O) groups excluding carboxylic acids is 1. The summed E-state index contributed by atoms with van der Waals surface area (Å²) >= 11 is 0. The number of hydrogen-bond donors (Lipinski definition) is 1. The lowest BCUT2D eigenvalue weighted by molar-refractivity contribution is -0.182. The lowest BCUT2D eigenvalue weighted by Crippen LogP contribution is -2.50. The fourth-order valence-corrected chi connectivity index (χ4v) is 1.65. The SMILES string of the molecule is CC1(C)CCC(=C=O)C(C)(C(=O)O)O1. The summed E-state index contributed by atoms with van der Waals surface area (Å²) in [4.78, 5) is 21.6. The summed E-state index contributed by atoms with van der Waals surface area (Å²) in [5, 5.41) is 9.01. The van der Waals surface area contributed by atoms with E-state index in [0.29, 0.717) is 12.8 Å². The van der Waals surface area contributed by atoms with Crippen LogP contribution >= 0.6 is 0 Å². The predicted octanol–water partition coefficient (Wildman–Crippen LogP) is 1.18. The minimum atomic E-state index is -1.51. The standard InChI is InChI=1S/C10H14O4/c1-9(2)5-4-7(6-11)10(3,14-9)8(12)13/h4-5H2,1-3H3,(H,12,13). The summed E-state index contributed by atoms with van der Waals surface area (Å²) < 4.78 is 5.43. The van der Waals surface area contributed by atoms with Crippen molar-refractivity contribution in [2.75, 3.05) is 0 Å². The molecule has 78 valence electrons. The van der Waals surface area contributed by atoms with E-state index in [1.54, 1.807) is 5.94 Å². The van der Waals surface area contributed by atoms with Gasteiger partial charge in [-0.3, -0.25) is 0 Å². The van der Waals surface area contributed by atoms with Gasteiger partial charge in [0.25, 0.3) is 0 Å². The third-order valence-electron chi connectivity index (χ3n) is 2.56. The molecule has 0 radical (unpaired) electrons. The van der Waals surface area contributed by atoms with E-state index in [-0.39, 0.29) is 5.57 Å². The molecule has 0 aromatic heterocycles. The third kappa shape index (κ3) is 1.72. The summed E-state index contributed by atoms with van der Waals surface area (Å²) in [5.41, 5.74) is -1.83. The van der Waals surface area contributed by atoms with Crippen molar-refractivity contribution in [3.63, 3.8) is 0 Å². The van der Waals surface area contributed by atoms with Gasteiger partial charge >= 0.3 is 5.97 Å². The first-order valence-electron chi connectivity index (χ1n) is 4.50. The van der Waals surface area contributed by atoms with Crippen LogP contribution in [0.4, 0.5) is 0 Å². The molecule has 14 heavy (non-hydrogen) atoms. The van der Waals surface area contributed by atoms with Gasteiger partial charge in [0.05, 0.1) is 11.2 Å². The molecule has 0 saturated carbocycles. The van der Waals surface area contributed by atoms with Crippen LogP contribution in [0.1, 0.15) is 33.6 Å². The molecular weight excluding hydrogens is 184 g/mol. The number of hydrogen-bond acceptors (Lipinski definition) is 3. The molecule has 0 aliphatic carbocycles. The molecule has 4 heteroatoms. The van der Waals surface area contributed by atoms with Crippen LogP contribution in [-0.4, -0.2) is 28.2 Å². The van der Waals surface area contributed by atoms with E-state index in [0.717, 1.165) is 0 Å². The van der Waals surface area contributed by atoms with Crippen molar-refractivity contribution in [3.8, 4) is 0 Å². The molecule has 0 aromatic carbocycles. The Morgan fingerprint density at radius 3 is 2.50 bits per heavy atom. The fourth-order valence-electron chi connectivity index (χ4n) is 1.65. The van der Waals surface area contributed by atoms with Crippen LogP contribution in [0.3, 0.4) is 0 Å². The zero-order chi connectivity index (χ0) is 11.0. The number of ether oxygens (including phenoxy) is 1. The van der Waals surface area contributed by atoms with Gasteiger partial charge in [-0.05, 0) is 33.6 Å². The molecule has 1 N–H and O–H groups in total. The summed E-state index contributed by atoms with van der Waals surface area (Å²) in [6.45, 7) is 5.03. The van der Waals surface area contributed by atoms with E-state index in [1.807, 2.05) is 13.8 Å². The predicted molar refractivity (Wildman–Crippen MR) is 49.6 cm³/mol. The Labute approximate surface area is 82.6 Å². The molecule has 4 nitrogen and oxygen atoms in total. The van der Waals surface area contributed by atoms with Crippen molar-refractivity contribution < 1.29 is 19.4 Å². The Balaban J connectivity index is 3.10. The van der Waals surface area contributed by atoms with Crippen LogP contribution in [0.25, 0.3) is 0 Å². The second kappa shape index (κ2) is 3.23. The van der Waals surface area contributed by atoms with Gasteiger partial charge in [0.2, 0.25) is 0 Å². The van der Waals surface area contributed by atoms with Gasteiger partial charge in [0.1, 0.15) is 5.94 Å². The zero-order valence-electron chi connectivity index (χ0n) is 8.59. The molecule has 1 heterocycles. The smallest absolute Gasteiger partial charge is 0.340 e. The average molecular weight is 198 g/mol. The summed E-state index contributed by atoms with van der Waals surface area (Å²) in [6, 6.07) is 0. The molecule has 0 bridgehead atoms. The van der Waals surface area contributed by atoms with E-state index < -0.39 is 17.2 Å². The molecule has 1 unspecified atom stereocenters. The highest BCUT2D eigenvalue weighted by molar-refractivity contribution is 5.85. The first-order chi connectivity index (χ1) is 6.32. The fraction of sp³-hybridized carbons (Fsp3) is 0.700. The Morgan fingerprint density at radius 2 is 2.07 bits per heavy atom. The Morgan fingerprint density at radius 1 is 1.50 bits per heavy atom. The molecule has 0 aromatic rings. The monoisotopic (exact) mass is 198 g/mol. The Hall–Kier alpha value is -1.12. The minimum Gasteiger partial charge on any atom is -0.479 e. The molecular formula is C10H14O4. The molecule has 1 aliphatic rings. The lowest BCUT2D eigenvalue weighted by atomic mass is 9.84. The zero-order valence-corrected chi connectivity index (χ0v) is 8.59.